The molecule has 0 radical (unpaired) electrons. The molecule has 2 bridgehead atoms. The third kappa shape index (κ3) is 2.76. The summed E-state index contributed by atoms with van der Waals surface area (Å²) in [6, 6.07) is 13.2. The number of piperidine rings is 1. The normalized spacial score (nSPS) is 20.7. The van der Waals surface area contributed by atoms with Crippen LogP contribution in [-0.2, 0) is 13.6 Å². The van der Waals surface area contributed by atoms with Crippen LogP contribution in [0.3, 0.4) is 0 Å². The maximum atomic E-state index is 13.0. The summed E-state index contributed by atoms with van der Waals surface area (Å²) in [6.45, 7) is 2.02. The van der Waals surface area contributed by atoms with Crippen LogP contribution in [0.1, 0.15) is 28.5 Å². The molecule has 3 aromatic rings. The van der Waals surface area contributed by atoms with Gasteiger partial charge in [0.15, 0.2) is 0 Å². The zero-order valence-electron chi connectivity index (χ0n) is 15.8. The van der Waals surface area contributed by atoms with Crippen LogP contribution in [-0.4, -0.2) is 38.0 Å². The molecule has 2 aliphatic rings. The zero-order valence-corrected chi connectivity index (χ0v) is 15.8. The molecule has 1 saturated heterocycles. The Morgan fingerprint density at radius 1 is 1.11 bits per heavy atom. The van der Waals surface area contributed by atoms with Crippen molar-refractivity contribution in [1.29, 1.82) is 0 Å². The number of amides is 1. The molecule has 1 fully saturated rings. The highest BCUT2D eigenvalue weighted by Gasteiger charge is 2.37. The van der Waals surface area contributed by atoms with Gasteiger partial charge in [-0.25, -0.2) is 0 Å². The quantitative estimate of drug-likeness (QED) is 0.692. The third-order valence-electron chi connectivity index (χ3n) is 5.97. The van der Waals surface area contributed by atoms with E-state index < -0.39 is 0 Å². The Bertz CT molecular complexity index is 1100. The van der Waals surface area contributed by atoms with Gasteiger partial charge in [0, 0.05) is 62.3 Å². The van der Waals surface area contributed by atoms with Gasteiger partial charge in [0.1, 0.15) is 5.69 Å². The first-order valence-corrected chi connectivity index (χ1v) is 9.67. The van der Waals surface area contributed by atoms with Gasteiger partial charge in [-0.2, -0.15) is 0 Å². The topological polar surface area (TPSA) is 60.1 Å². The van der Waals surface area contributed by atoms with Gasteiger partial charge >= 0.3 is 0 Å². The SMILES string of the molecule is Cn1cccc1C(=O)N1C[C@@H]2C[C@H](C1)c1cc(-c3ccccn3)cc(=O)n1C2. The lowest BCUT2D eigenvalue weighted by Crippen LogP contribution is -2.49. The lowest BCUT2D eigenvalue weighted by Gasteiger charge is -2.43. The first kappa shape index (κ1) is 17.0. The van der Waals surface area contributed by atoms with E-state index in [0.29, 0.717) is 31.2 Å². The molecule has 0 spiro atoms. The Labute approximate surface area is 163 Å². The summed E-state index contributed by atoms with van der Waals surface area (Å²) in [6.07, 6.45) is 4.65. The number of hydrogen-bond acceptors (Lipinski definition) is 3. The molecule has 5 rings (SSSR count). The predicted octanol–water partition coefficient (Wildman–Crippen LogP) is 2.51. The number of aromatic nitrogens is 3. The molecule has 6 heteroatoms. The number of rotatable bonds is 2. The van der Waals surface area contributed by atoms with Gasteiger partial charge in [-0.1, -0.05) is 6.07 Å². The van der Waals surface area contributed by atoms with Crippen molar-refractivity contribution in [2.24, 2.45) is 13.0 Å². The number of hydrogen-bond donors (Lipinski definition) is 0. The highest BCUT2D eigenvalue weighted by molar-refractivity contribution is 5.92. The van der Waals surface area contributed by atoms with E-state index in [4.69, 9.17) is 0 Å². The van der Waals surface area contributed by atoms with Crippen molar-refractivity contribution < 1.29 is 4.79 Å². The molecular formula is C22H22N4O2. The largest absolute Gasteiger partial charge is 0.347 e. The monoisotopic (exact) mass is 374 g/mol. The molecule has 0 aromatic carbocycles. The molecule has 6 nitrogen and oxygen atoms in total. The molecule has 1 amide bonds. The Hall–Kier alpha value is -3.15. The van der Waals surface area contributed by atoms with E-state index in [1.165, 1.54) is 0 Å². The van der Waals surface area contributed by atoms with Crippen LogP contribution in [0, 0.1) is 5.92 Å². The Kier molecular flexibility index (Phi) is 3.93. The predicted molar refractivity (Wildman–Crippen MR) is 106 cm³/mol. The maximum Gasteiger partial charge on any atom is 0.270 e. The summed E-state index contributed by atoms with van der Waals surface area (Å²) < 4.78 is 3.76. The molecular weight excluding hydrogens is 352 g/mol. The second-order valence-electron chi connectivity index (χ2n) is 7.85. The Morgan fingerprint density at radius 3 is 2.75 bits per heavy atom. The summed E-state index contributed by atoms with van der Waals surface area (Å²) in [5.74, 6) is 0.556. The third-order valence-corrected chi connectivity index (χ3v) is 5.97. The number of likely N-dealkylation sites (tertiary alicyclic amines) is 1. The van der Waals surface area contributed by atoms with Crippen LogP contribution in [0.4, 0.5) is 0 Å². The molecule has 2 aliphatic heterocycles. The van der Waals surface area contributed by atoms with Crippen LogP contribution < -0.4 is 5.56 Å². The summed E-state index contributed by atoms with van der Waals surface area (Å²) in [5, 5.41) is 0. The summed E-state index contributed by atoms with van der Waals surface area (Å²) in [7, 11) is 1.89. The average Bonchev–Trinajstić information content (AvgIpc) is 3.14. The van der Waals surface area contributed by atoms with Crippen LogP contribution in [0.5, 0.6) is 0 Å². The molecule has 0 saturated carbocycles. The van der Waals surface area contributed by atoms with E-state index in [-0.39, 0.29) is 17.4 Å². The minimum Gasteiger partial charge on any atom is -0.347 e. The molecule has 0 aliphatic carbocycles. The van der Waals surface area contributed by atoms with Crippen molar-refractivity contribution in [3.63, 3.8) is 0 Å². The minimum atomic E-state index is 0.0232. The van der Waals surface area contributed by atoms with Gasteiger partial charge in [0.2, 0.25) is 0 Å². The van der Waals surface area contributed by atoms with E-state index in [2.05, 4.69) is 11.1 Å². The smallest absolute Gasteiger partial charge is 0.270 e. The fourth-order valence-electron chi connectivity index (χ4n) is 4.65. The van der Waals surface area contributed by atoms with Crippen molar-refractivity contribution in [3.05, 3.63) is 76.6 Å². The molecule has 0 N–H and O–H groups in total. The van der Waals surface area contributed by atoms with Crippen LogP contribution in [0.2, 0.25) is 0 Å². The van der Waals surface area contributed by atoms with Gasteiger partial charge in [-0.15, -0.1) is 0 Å². The molecule has 2 atom stereocenters. The van der Waals surface area contributed by atoms with Crippen LogP contribution in [0.25, 0.3) is 11.3 Å². The van der Waals surface area contributed by atoms with E-state index in [1.54, 1.807) is 12.3 Å². The Morgan fingerprint density at radius 2 is 2.00 bits per heavy atom. The zero-order chi connectivity index (χ0) is 19.3. The van der Waals surface area contributed by atoms with Crippen LogP contribution in [0.15, 0.2) is 59.7 Å². The first-order valence-electron chi connectivity index (χ1n) is 9.67. The molecule has 3 aromatic heterocycles. The van der Waals surface area contributed by atoms with Gasteiger partial charge in [-0.05, 0) is 42.7 Å². The van der Waals surface area contributed by atoms with E-state index in [1.807, 2.05) is 57.6 Å². The number of carbonyl (C=O) groups is 1. The van der Waals surface area contributed by atoms with E-state index in [9.17, 15) is 9.59 Å². The van der Waals surface area contributed by atoms with Crippen molar-refractivity contribution in [2.75, 3.05) is 13.1 Å². The number of nitrogens with zero attached hydrogens (tertiary/aromatic N) is 4. The number of aryl methyl sites for hydroxylation is 1. The molecule has 5 heterocycles. The number of carbonyl (C=O) groups excluding carboxylic acids is 1. The average molecular weight is 374 g/mol. The number of fused-ring (bicyclic) bond motifs is 4. The maximum absolute atomic E-state index is 13.0. The van der Waals surface area contributed by atoms with Crippen molar-refractivity contribution in [3.8, 4) is 11.3 Å². The fraction of sp³-hybridized carbons (Fsp3) is 0.318. The van der Waals surface area contributed by atoms with E-state index >= 15 is 0 Å². The first-order chi connectivity index (χ1) is 13.6. The lowest BCUT2D eigenvalue weighted by atomic mass is 9.82. The lowest BCUT2D eigenvalue weighted by molar-refractivity contribution is 0.0585. The second kappa shape index (κ2) is 6.48. The van der Waals surface area contributed by atoms with Crippen molar-refractivity contribution >= 4 is 5.91 Å². The van der Waals surface area contributed by atoms with E-state index in [0.717, 1.165) is 23.4 Å². The van der Waals surface area contributed by atoms with Gasteiger partial charge < -0.3 is 14.0 Å². The fourth-order valence-corrected chi connectivity index (χ4v) is 4.65. The summed E-state index contributed by atoms with van der Waals surface area (Å²) >= 11 is 0. The summed E-state index contributed by atoms with van der Waals surface area (Å²) in [5.41, 5.74) is 3.40. The minimum absolute atomic E-state index is 0.0232. The highest BCUT2D eigenvalue weighted by Crippen LogP contribution is 2.36. The van der Waals surface area contributed by atoms with Crippen LogP contribution >= 0.6 is 0 Å². The number of pyridine rings is 2. The Balaban J connectivity index is 1.50. The summed E-state index contributed by atoms with van der Waals surface area (Å²) in [4.78, 5) is 32.1. The van der Waals surface area contributed by atoms with Gasteiger partial charge in [-0.3, -0.25) is 14.6 Å². The molecule has 142 valence electrons. The second-order valence-corrected chi connectivity index (χ2v) is 7.85. The highest BCUT2D eigenvalue weighted by atomic mass is 16.2. The molecule has 28 heavy (non-hydrogen) atoms. The van der Waals surface area contributed by atoms with Gasteiger partial charge in [0.25, 0.3) is 11.5 Å². The van der Waals surface area contributed by atoms with Gasteiger partial charge in [0.05, 0.1) is 5.69 Å². The molecule has 0 unspecified atom stereocenters. The standard InChI is InChI=1S/C22H22N4O2/c1-24-8-4-6-19(24)22(28)25-12-15-9-17(14-25)20-10-16(11-21(27)26(20)13-15)18-5-2-3-7-23-18/h2-8,10-11,15,17H,9,12-14H2,1H3/t15-,17+/m0/s1. The van der Waals surface area contributed by atoms with Crippen molar-refractivity contribution in [2.45, 2.75) is 18.9 Å². The van der Waals surface area contributed by atoms with Crippen molar-refractivity contribution in [1.82, 2.24) is 19.0 Å².